The van der Waals surface area contributed by atoms with Crippen LogP contribution in [0.15, 0.2) is 29.2 Å². The van der Waals surface area contributed by atoms with Crippen LogP contribution in [0.4, 0.5) is 8.78 Å². The molecule has 1 amide bonds. The van der Waals surface area contributed by atoms with Gasteiger partial charge in [-0.3, -0.25) is 9.69 Å². The molecule has 0 radical (unpaired) electrons. The first-order valence-corrected chi connectivity index (χ1v) is 6.47. The fraction of sp³-hybridized carbons (Fsp3) is 0.167. The fourth-order valence-corrected chi connectivity index (χ4v) is 2.66. The molecular formula is C12H9F2NO2S2. The Kier molecular flexibility index (Phi) is 4.16. The van der Waals surface area contributed by atoms with E-state index in [0.717, 1.165) is 11.8 Å². The molecule has 1 aliphatic heterocycles. The van der Waals surface area contributed by atoms with Gasteiger partial charge in [0.2, 0.25) is 0 Å². The number of amides is 1. The summed E-state index contributed by atoms with van der Waals surface area (Å²) in [6.07, 6.45) is 1.50. The van der Waals surface area contributed by atoms with Crippen molar-refractivity contribution in [3.8, 4) is 5.75 Å². The normalized spacial score (nSPS) is 17.7. The molecule has 7 heteroatoms. The van der Waals surface area contributed by atoms with Crippen LogP contribution in [0.2, 0.25) is 0 Å². The predicted octanol–water partition coefficient (Wildman–Crippen LogP) is 3.12. The molecule has 1 heterocycles. The third kappa shape index (κ3) is 3.10. The first kappa shape index (κ1) is 14.0. The third-order valence-corrected chi connectivity index (χ3v) is 3.89. The van der Waals surface area contributed by atoms with Gasteiger partial charge in [0, 0.05) is 12.6 Å². The van der Waals surface area contributed by atoms with E-state index in [9.17, 15) is 13.6 Å². The number of nitrogens with zero attached hydrogens (tertiary/aromatic N) is 1. The summed E-state index contributed by atoms with van der Waals surface area (Å²) in [6.45, 7) is -2.91. The average Bonchev–Trinajstić information content (AvgIpc) is 2.59. The predicted molar refractivity (Wildman–Crippen MR) is 74.0 cm³/mol. The quantitative estimate of drug-likeness (QED) is 0.634. The second kappa shape index (κ2) is 5.66. The Morgan fingerprint density at radius 2 is 2.11 bits per heavy atom. The van der Waals surface area contributed by atoms with Crippen LogP contribution in [-0.2, 0) is 4.79 Å². The average molecular weight is 301 g/mol. The fourth-order valence-electron chi connectivity index (χ4n) is 1.49. The number of rotatable bonds is 3. The van der Waals surface area contributed by atoms with Crippen LogP contribution >= 0.6 is 24.0 Å². The molecule has 19 heavy (non-hydrogen) atoms. The molecule has 0 saturated carbocycles. The summed E-state index contributed by atoms with van der Waals surface area (Å²) >= 11 is 6.12. The topological polar surface area (TPSA) is 29.5 Å². The van der Waals surface area contributed by atoms with Crippen LogP contribution in [0.25, 0.3) is 6.08 Å². The van der Waals surface area contributed by atoms with E-state index in [2.05, 4.69) is 4.74 Å². The van der Waals surface area contributed by atoms with Gasteiger partial charge in [-0.25, -0.2) is 0 Å². The lowest BCUT2D eigenvalue weighted by molar-refractivity contribution is -0.121. The number of carbonyl (C=O) groups excluding carboxylic acids is 1. The molecule has 1 aromatic rings. The van der Waals surface area contributed by atoms with Crippen LogP contribution in [-0.4, -0.2) is 28.8 Å². The van der Waals surface area contributed by atoms with Gasteiger partial charge in [-0.1, -0.05) is 42.2 Å². The molecule has 1 fully saturated rings. The van der Waals surface area contributed by atoms with Crippen LogP contribution in [0.5, 0.6) is 5.75 Å². The lowest BCUT2D eigenvalue weighted by Crippen LogP contribution is -2.22. The highest BCUT2D eigenvalue weighted by Gasteiger charge is 2.28. The minimum absolute atomic E-state index is 0.0267. The molecule has 1 saturated heterocycles. The lowest BCUT2D eigenvalue weighted by atomic mass is 10.2. The summed E-state index contributed by atoms with van der Waals surface area (Å²) in [5.74, 6) is -0.222. The van der Waals surface area contributed by atoms with Crippen molar-refractivity contribution in [3.63, 3.8) is 0 Å². The van der Waals surface area contributed by atoms with Gasteiger partial charge >= 0.3 is 6.61 Å². The standard InChI is InChI=1S/C12H9F2NO2S2/c1-15-10(16)9(19-12(15)18)6-7-4-2-3-5-8(7)17-11(13)14/h2-6,11H,1H3/b9-6-. The van der Waals surface area contributed by atoms with Gasteiger partial charge in [-0.2, -0.15) is 8.78 Å². The van der Waals surface area contributed by atoms with Crippen molar-refractivity contribution in [1.82, 2.24) is 4.90 Å². The summed E-state index contributed by atoms with van der Waals surface area (Å²) in [7, 11) is 1.57. The number of carbonyl (C=O) groups is 1. The second-order valence-corrected chi connectivity index (χ2v) is 5.33. The monoisotopic (exact) mass is 301 g/mol. The first-order valence-electron chi connectivity index (χ1n) is 5.24. The van der Waals surface area contributed by atoms with Gasteiger partial charge in [0.25, 0.3) is 5.91 Å². The number of likely N-dealkylation sites (N-methyl/N-ethyl adjacent to an activating group) is 1. The number of hydrogen-bond acceptors (Lipinski definition) is 4. The van der Waals surface area contributed by atoms with Crippen LogP contribution in [0, 0.1) is 0 Å². The summed E-state index contributed by atoms with van der Waals surface area (Å²) in [4.78, 5) is 13.5. The van der Waals surface area contributed by atoms with E-state index in [-0.39, 0.29) is 11.7 Å². The van der Waals surface area contributed by atoms with Crippen LogP contribution in [0.1, 0.15) is 5.56 Å². The summed E-state index contributed by atoms with van der Waals surface area (Å²) in [6, 6.07) is 6.28. The van der Waals surface area contributed by atoms with Crippen molar-refractivity contribution in [3.05, 3.63) is 34.7 Å². The number of thiocarbonyl (C=S) groups is 1. The maximum absolute atomic E-state index is 12.3. The summed E-state index contributed by atoms with van der Waals surface area (Å²) < 4.78 is 29.4. The Morgan fingerprint density at radius 1 is 1.42 bits per heavy atom. The number of benzene rings is 1. The zero-order chi connectivity index (χ0) is 14.0. The highest BCUT2D eigenvalue weighted by atomic mass is 32.2. The highest BCUT2D eigenvalue weighted by molar-refractivity contribution is 8.26. The molecule has 0 atom stereocenters. The number of para-hydroxylation sites is 1. The van der Waals surface area contributed by atoms with Crippen LogP contribution < -0.4 is 4.74 Å². The first-order chi connectivity index (χ1) is 8.99. The largest absolute Gasteiger partial charge is 0.434 e. The van der Waals surface area contributed by atoms with Gasteiger partial charge in [-0.15, -0.1) is 0 Å². The Morgan fingerprint density at radius 3 is 2.68 bits per heavy atom. The van der Waals surface area contributed by atoms with Crippen molar-refractivity contribution in [2.45, 2.75) is 6.61 Å². The van der Waals surface area contributed by atoms with Gasteiger partial charge < -0.3 is 4.74 Å². The number of hydrogen-bond donors (Lipinski definition) is 0. The molecule has 1 aliphatic rings. The molecule has 1 aromatic carbocycles. The molecular weight excluding hydrogens is 292 g/mol. The zero-order valence-electron chi connectivity index (χ0n) is 9.80. The second-order valence-electron chi connectivity index (χ2n) is 3.66. The highest BCUT2D eigenvalue weighted by Crippen LogP contribution is 2.33. The Labute approximate surface area is 118 Å². The number of alkyl halides is 2. The molecule has 0 unspecified atom stereocenters. The van der Waals surface area contributed by atoms with E-state index < -0.39 is 6.61 Å². The van der Waals surface area contributed by atoms with E-state index in [4.69, 9.17) is 12.2 Å². The van der Waals surface area contributed by atoms with Crippen molar-refractivity contribution in [1.29, 1.82) is 0 Å². The Bertz CT molecular complexity index is 560. The Hall–Kier alpha value is -1.47. The van der Waals surface area contributed by atoms with E-state index in [0.29, 0.717) is 14.8 Å². The van der Waals surface area contributed by atoms with Gasteiger partial charge in [0.15, 0.2) is 0 Å². The van der Waals surface area contributed by atoms with E-state index in [1.165, 1.54) is 17.0 Å². The number of halogens is 2. The molecule has 0 aromatic heterocycles. The van der Waals surface area contributed by atoms with Gasteiger partial charge in [0.05, 0.1) is 4.91 Å². The van der Waals surface area contributed by atoms with E-state index in [1.807, 2.05) is 0 Å². The van der Waals surface area contributed by atoms with Crippen molar-refractivity contribution >= 4 is 40.3 Å². The molecule has 0 spiro atoms. The SMILES string of the molecule is CN1C(=O)/C(=C/c2ccccc2OC(F)F)SC1=S. The minimum atomic E-state index is -2.91. The van der Waals surface area contributed by atoms with Crippen LogP contribution in [0.3, 0.4) is 0 Å². The molecule has 2 rings (SSSR count). The number of ether oxygens (including phenoxy) is 1. The van der Waals surface area contributed by atoms with Crippen molar-refractivity contribution in [2.75, 3.05) is 7.05 Å². The molecule has 0 aliphatic carbocycles. The molecule has 0 N–H and O–H groups in total. The maximum atomic E-state index is 12.3. The molecule has 3 nitrogen and oxygen atoms in total. The van der Waals surface area contributed by atoms with E-state index in [1.54, 1.807) is 25.2 Å². The third-order valence-electron chi connectivity index (χ3n) is 2.41. The smallest absolute Gasteiger partial charge is 0.387 e. The summed E-state index contributed by atoms with van der Waals surface area (Å²) in [5.41, 5.74) is 0.414. The zero-order valence-corrected chi connectivity index (χ0v) is 11.4. The van der Waals surface area contributed by atoms with Gasteiger partial charge in [0.1, 0.15) is 10.1 Å². The van der Waals surface area contributed by atoms with Crippen molar-refractivity contribution in [2.24, 2.45) is 0 Å². The van der Waals surface area contributed by atoms with Gasteiger partial charge in [-0.05, 0) is 12.1 Å². The lowest BCUT2D eigenvalue weighted by Gasteiger charge is -2.08. The van der Waals surface area contributed by atoms with E-state index >= 15 is 0 Å². The minimum Gasteiger partial charge on any atom is -0.434 e. The van der Waals surface area contributed by atoms with Crippen molar-refractivity contribution < 1.29 is 18.3 Å². The molecule has 0 bridgehead atoms. The number of thioether (sulfide) groups is 1. The maximum Gasteiger partial charge on any atom is 0.387 e. The Balaban J connectivity index is 2.33. The molecule has 100 valence electrons. The summed E-state index contributed by atoms with van der Waals surface area (Å²) in [5, 5.41) is 0.